The molecule has 21 heavy (non-hydrogen) atoms. The molecule has 1 aromatic carbocycles. The zero-order valence-electron chi connectivity index (χ0n) is 12.9. The van der Waals surface area contributed by atoms with Crippen molar-refractivity contribution in [2.75, 3.05) is 18.5 Å². The molecule has 2 rings (SSSR count). The van der Waals surface area contributed by atoms with Gasteiger partial charge in [-0.2, -0.15) is 0 Å². The van der Waals surface area contributed by atoms with E-state index in [0.29, 0.717) is 6.61 Å². The number of nitrogens with one attached hydrogen (secondary N) is 1. The second-order valence-electron chi connectivity index (χ2n) is 5.09. The average Bonchev–Trinajstić information content (AvgIpc) is 2.85. The van der Waals surface area contributed by atoms with Crippen LogP contribution >= 0.6 is 11.3 Å². The van der Waals surface area contributed by atoms with Gasteiger partial charge in [-0.05, 0) is 25.3 Å². The molecule has 2 aromatic rings. The molecule has 0 aliphatic heterocycles. The van der Waals surface area contributed by atoms with E-state index in [2.05, 4.69) is 48.4 Å². The quantitative estimate of drug-likeness (QED) is 0.696. The van der Waals surface area contributed by atoms with Crippen LogP contribution in [0.15, 0.2) is 30.3 Å². The van der Waals surface area contributed by atoms with Crippen LogP contribution < -0.4 is 5.32 Å². The number of aryl methyl sites for hydroxylation is 1. The smallest absolute Gasteiger partial charge is 0.183 e. The number of aromatic nitrogens is 1. The van der Waals surface area contributed by atoms with Gasteiger partial charge < -0.3 is 10.1 Å². The summed E-state index contributed by atoms with van der Waals surface area (Å²) in [5.41, 5.74) is 2.42. The zero-order valence-corrected chi connectivity index (χ0v) is 13.7. The number of benzene rings is 1. The predicted molar refractivity (Wildman–Crippen MR) is 90.1 cm³/mol. The molecule has 1 aromatic heterocycles. The molecule has 1 heterocycles. The summed E-state index contributed by atoms with van der Waals surface area (Å²) in [5.74, 6) is 0. The first-order chi connectivity index (χ1) is 10.3. The minimum absolute atomic E-state index is 0.628. The fourth-order valence-electron chi connectivity index (χ4n) is 2.01. The maximum Gasteiger partial charge on any atom is 0.183 e. The van der Waals surface area contributed by atoms with Gasteiger partial charge in [0.25, 0.3) is 0 Å². The van der Waals surface area contributed by atoms with Gasteiger partial charge in [-0.1, -0.05) is 43.7 Å². The van der Waals surface area contributed by atoms with Crippen LogP contribution in [0.5, 0.6) is 0 Å². The van der Waals surface area contributed by atoms with Gasteiger partial charge in [0.2, 0.25) is 0 Å². The molecule has 0 amide bonds. The predicted octanol–water partition coefficient (Wildman–Crippen LogP) is 4.42. The highest BCUT2D eigenvalue weighted by Crippen LogP contribution is 2.22. The first-order valence-electron chi connectivity index (χ1n) is 7.61. The molecule has 0 unspecified atom stereocenters. The Labute approximate surface area is 131 Å². The highest BCUT2D eigenvalue weighted by molar-refractivity contribution is 7.15. The van der Waals surface area contributed by atoms with E-state index in [0.717, 1.165) is 36.8 Å². The summed E-state index contributed by atoms with van der Waals surface area (Å²) in [5, 5.41) is 4.41. The van der Waals surface area contributed by atoms with Crippen molar-refractivity contribution in [3.05, 3.63) is 46.5 Å². The van der Waals surface area contributed by atoms with E-state index in [1.165, 1.54) is 16.9 Å². The lowest BCUT2D eigenvalue weighted by atomic mass is 10.2. The lowest BCUT2D eigenvalue weighted by Gasteiger charge is -2.03. The number of hydrogen-bond donors (Lipinski definition) is 1. The molecule has 0 saturated heterocycles. The van der Waals surface area contributed by atoms with Gasteiger partial charge in [-0.25, -0.2) is 4.98 Å². The minimum Gasteiger partial charge on any atom is -0.375 e. The molecule has 1 N–H and O–H groups in total. The Morgan fingerprint density at radius 1 is 1.24 bits per heavy atom. The van der Waals surface area contributed by atoms with Crippen molar-refractivity contribution in [1.29, 1.82) is 0 Å². The van der Waals surface area contributed by atoms with Crippen molar-refractivity contribution in [2.45, 2.75) is 39.7 Å². The molecule has 0 saturated carbocycles. The Bertz CT molecular complexity index is 525. The van der Waals surface area contributed by atoms with Gasteiger partial charge in [0, 0.05) is 18.0 Å². The third-order valence-electron chi connectivity index (χ3n) is 3.31. The number of thiazole rings is 1. The van der Waals surface area contributed by atoms with Crippen LogP contribution in [0.25, 0.3) is 0 Å². The molecule has 0 atom stereocenters. The summed E-state index contributed by atoms with van der Waals surface area (Å²) in [4.78, 5) is 5.87. The SMILES string of the molecule is CCCCOCc1nc(NCCc2ccccc2)sc1C. The van der Waals surface area contributed by atoms with Crippen molar-refractivity contribution < 1.29 is 4.74 Å². The maximum absolute atomic E-state index is 5.64. The summed E-state index contributed by atoms with van der Waals surface area (Å²) in [7, 11) is 0. The molecule has 0 aliphatic rings. The Morgan fingerprint density at radius 3 is 2.81 bits per heavy atom. The highest BCUT2D eigenvalue weighted by atomic mass is 32.1. The normalized spacial score (nSPS) is 10.8. The molecular weight excluding hydrogens is 280 g/mol. The lowest BCUT2D eigenvalue weighted by Crippen LogP contribution is -2.04. The Morgan fingerprint density at radius 2 is 2.05 bits per heavy atom. The van der Waals surface area contributed by atoms with Gasteiger partial charge in [0.05, 0.1) is 12.3 Å². The van der Waals surface area contributed by atoms with E-state index >= 15 is 0 Å². The van der Waals surface area contributed by atoms with E-state index in [-0.39, 0.29) is 0 Å². The lowest BCUT2D eigenvalue weighted by molar-refractivity contribution is 0.115. The maximum atomic E-state index is 5.64. The third-order valence-corrected chi connectivity index (χ3v) is 4.28. The molecule has 114 valence electrons. The van der Waals surface area contributed by atoms with Crippen LogP contribution in [-0.2, 0) is 17.8 Å². The number of anilines is 1. The first-order valence-corrected chi connectivity index (χ1v) is 8.43. The second-order valence-corrected chi connectivity index (χ2v) is 6.29. The number of hydrogen-bond acceptors (Lipinski definition) is 4. The molecule has 3 nitrogen and oxygen atoms in total. The Balaban J connectivity index is 1.76. The largest absolute Gasteiger partial charge is 0.375 e. The number of rotatable bonds is 9. The summed E-state index contributed by atoms with van der Waals surface area (Å²) in [6, 6.07) is 10.5. The van der Waals surface area contributed by atoms with E-state index in [1.807, 2.05) is 6.07 Å². The topological polar surface area (TPSA) is 34.1 Å². The summed E-state index contributed by atoms with van der Waals surface area (Å²) >= 11 is 1.71. The molecule has 0 fully saturated rings. The van der Waals surface area contributed by atoms with Gasteiger partial charge in [-0.15, -0.1) is 11.3 Å². The van der Waals surface area contributed by atoms with Crippen molar-refractivity contribution in [3.63, 3.8) is 0 Å². The van der Waals surface area contributed by atoms with Gasteiger partial charge in [0.1, 0.15) is 0 Å². The van der Waals surface area contributed by atoms with Crippen LogP contribution in [-0.4, -0.2) is 18.1 Å². The Hall–Kier alpha value is -1.39. The number of ether oxygens (including phenoxy) is 1. The number of nitrogens with zero attached hydrogens (tertiary/aromatic N) is 1. The number of unbranched alkanes of at least 4 members (excludes halogenated alkanes) is 1. The van der Waals surface area contributed by atoms with Crippen molar-refractivity contribution >= 4 is 16.5 Å². The van der Waals surface area contributed by atoms with Gasteiger partial charge >= 0.3 is 0 Å². The van der Waals surface area contributed by atoms with Crippen molar-refractivity contribution in [2.24, 2.45) is 0 Å². The minimum atomic E-state index is 0.628. The monoisotopic (exact) mass is 304 g/mol. The zero-order chi connectivity index (χ0) is 14.9. The fourth-order valence-corrected chi connectivity index (χ4v) is 2.85. The summed E-state index contributed by atoms with van der Waals surface area (Å²) < 4.78 is 5.64. The van der Waals surface area contributed by atoms with Crippen LogP contribution in [0.4, 0.5) is 5.13 Å². The van der Waals surface area contributed by atoms with Crippen LogP contribution in [0.1, 0.15) is 35.9 Å². The van der Waals surface area contributed by atoms with Crippen LogP contribution in [0.2, 0.25) is 0 Å². The molecule has 4 heteroatoms. The van der Waals surface area contributed by atoms with Crippen LogP contribution in [0.3, 0.4) is 0 Å². The average molecular weight is 304 g/mol. The summed E-state index contributed by atoms with van der Waals surface area (Å²) in [6.07, 6.45) is 3.30. The molecule has 0 bridgehead atoms. The van der Waals surface area contributed by atoms with Gasteiger partial charge in [-0.3, -0.25) is 0 Å². The molecule has 0 spiro atoms. The van der Waals surface area contributed by atoms with E-state index in [4.69, 9.17) is 4.74 Å². The second kappa shape index (κ2) is 8.80. The Kier molecular flexibility index (Phi) is 6.70. The first kappa shape index (κ1) is 16.0. The van der Waals surface area contributed by atoms with E-state index in [1.54, 1.807) is 11.3 Å². The molecular formula is C17H24N2OS. The highest BCUT2D eigenvalue weighted by Gasteiger charge is 2.07. The fraction of sp³-hybridized carbons (Fsp3) is 0.471. The van der Waals surface area contributed by atoms with Crippen molar-refractivity contribution in [1.82, 2.24) is 4.98 Å². The van der Waals surface area contributed by atoms with Gasteiger partial charge in [0.15, 0.2) is 5.13 Å². The van der Waals surface area contributed by atoms with E-state index in [9.17, 15) is 0 Å². The van der Waals surface area contributed by atoms with Crippen molar-refractivity contribution in [3.8, 4) is 0 Å². The van der Waals surface area contributed by atoms with Crippen LogP contribution in [0, 0.1) is 6.92 Å². The third kappa shape index (κ3) is 5.48. The molecule has 0 aliphatic carbocycles. The summed E-state index contributed by atoms with van der Waals surface area (Å²) in [6.45, 7) is 6.64. The molecule has 0 radical (unpaired) electrons. The van der Waals surface area contributed by atoms with E-state index < -0.39 is 0 Å². The standard InChI is InChI=1S/C17H24N2OS/c1-3-4-12-20-13-16-14(2)21-17(19-16)18-11-10-15-8-6-5-7-9-15/h5-9H,3-4,10-13H2,1-2H3,(H,18,19).